The Balaban J connectivity index is 1.65. The summed E-state index contributed by atoms with van der Waals surface area (Å²) >= 11 is 0. The van der Waals surface area contributed by atoms with Crippen molar-refractivity contribution < 1.29 is 32.3 Å². The highest BCUT2D eigenvalue weighted by Crippen LogP contribution is 2.34. The average molecular weight is 563 g/mol. The second kappa shape index (κ2) is 12.9. The van der Waals surface area contributed by atoms with Crippen LogP contribution in [0, 0.1) is 5.92 Å². The van der Waals surface area contributed by atoms with Crippen LogP contribution in [0.15, 0.2) is 78.1 Å². The van der Waals surface area contributed by atoms with E-state index in [1.165, 1.54) is 24.3 Å². The fourth-order valence-corrected chi connectivity index (χ4v) is 4.82. The first-order valence-corrected chi connectivity index (χ1v) is 12.8. The van der Waals surface area contributed by atoms with E-state index in [2.05, 4.69) is 20.9 Å². The van der Waals surface area contributed by atoms with E-state index in [1.807, 2.05) is 5.94 Å². The van der Waals surface area contributed by atoms with Gasteiger partial charge in [0.1, 0.15) is 29.2 Å². The van der Waals surface area contributed by atoms with Gasteiger partial charge in [0.15, 0.2) is 0 Å². The maximum absolute atomic E-state index is 13.8. The Kier molecular flexibility index (Phi) is 9.17. The molecule has 1 fully saturated rings. The first-order valence-electron chi connectivity index (χ1n) is 12.8. The van der Waals surface area contributed by atoms with E-state index in [9.17, 15) is 32.3 Å². The number of fused-ring (bicyclic) bond motifs is 1. The molecule has 1 aliphatic rings. The minimum absolute atomic E-state index is 0.0169. The summed E-state index contributed by atoms with van der Waals surface area (Å²) < 4.78 is 41.5. The van der Waals surface area contributed by atoms with Gasteiger partial charge in [-0.3, -0.25) is 4.79 Å². The Hall–Kier alpha value is -4.94. The monoisotopic (exact) mass is 562 g/mol. The minimum Gasteiger partial charge on any atom is -0.379 e. The van der Waals surface area contributed by atoms with Gasteiger partial charge in [-0.25, -0.2) is 19.4 Å². The lowest BCUT2D eigenvalue weighted by molar-refractivity contribution is -0.136. The molecule has 3 atom stereocenters. The third-order valence-electron chi connectivity index (χ3n) is 6.78. The smallest absolute Gasteiger partial charge is 0.379 e. The molecule has 1 amide bonds. The minimum atomic E-state index is -4.74. The summed E-state index contributed by atoms with van der Waals surface area (Å²) in [6, 6.07) is 13.2. The molecule has 8 nitrogen and oxygen atoms in total. The number of nitrogens with zero attached hydrogens (tertiary/aromatic N) is 1. The Morgan fingerprint density at radius 1 is 1.07 bits per heavy atom. The number of aromatic nitrogens is 1. The number of hydrogen-bond donors (Lipinski definition) is 3. The predicted molar refractivity (Wildman–Crippen MR) is 144 cm³/mol. The van der Waals surface area contributed by atoms with Crippen molar-refractivity contribution in [2.24, 2.45) is 5.92 Å². The van der Waals surface area contributed by atoms with Crippen LogP contribution in [0.4, 0.5) is 13.2 Å². The highest BCUT2D eigenvalue weighted by atomic mass is 19.4. The molecule has 4 rings (SSSR count). The van der Waals surface area contributed by atoms with Crippen LogP contribution in [0.3, 0.4) is 0 Å². The fraction of sp³-hybridized carbons (Fsp3) is 0.267. The van der Waals surface area contributed by atoms with E-state index in [0.717, 1.165) is 6.08 Å². The molecule has 0 radical (unpaired) electrons. The molecule has 1 saturated heterocycles. The van der Waals surface area contributed by atoms with Crippen molar-refractivity contribution in [3.05, 3.63) is 95.0 Å². The van der Waals surface area contributed by atoms with Crippen LogP contribution in [0.1, 0.15) is 34.5 Å². The number of allylic oxidation sites excluding steroid dienone is 1. The van der Waals surface area contributed by atoms with Gasteiger partial charge in [-0.15, -0.1) is 0 Å². The number of para-hydroxylation sites is 1. The zero-order valence-electron chi connectivity index (χ0n) is 21.6. The van der Waals surface area contributed by atoms with Gasteiger partial charge in [0, 0.05) is 23.9 Å². The molecule has 3 aromatic rings. The molecule has 2 aromatic carbocycles. The molecule has 0 bridgehead atoms. The third-order valence-corrected chi connectivity index (χ3v) is 6.78. The number of rotatable bonds is 10. The molecule has 0 aliphatic carbocycles. The lowest BCUT2D eigenvalue weighted by Crippen LogP contribution is -2.45. The molecular weight excluding hydrogens is 537 g/mol. The maximum Gasteiger partial charge on any atom is 0.417 e. The molecule has 0 spiro atoms. The quantitative estimate of drug-likeness (QED) is 0.325. The topological polar surface area (TPSA) is 117 Å². The van der Waals surface area contributed by atoms with Crippen LogP contribution in [-0.2, 0) is 27.0 Å². The maximum atomic E-state index is 13.8. The van der Waals surface area contributed by atoms with Crippen molar-refractivity contribution in [1.29, 1.82) is 0 Å². The molecule has 3 N–H and O–H groups in total. The van der Waals surface area contributed by atoms with Crippen molar-refractivity contribution in [3.8, 4) is 0 Å². The largest absolute Gasteiger partial charge is 0.417 e. The third kappa shape index (κ3) is 7.18. The van der Waals surface area contributed by atoms with Gasteiger partial charge in [0.05, 0.1) is 28.9 Å². The average Bonchev–Trinajstić information content (AvgIpc) is 3.42. The Bertz CT molecular complexity index is 1570. The first kappa shape index (κ1) is 29.1. The number of amides is 1. The summed E-state index contributed by atoms with van der Waals surface area (Å²) in [7, 11) is 0. The standard InChI is InChI=1S/C30H25F3N4O4/c31-30(32,33)23-16-26(36-24-9-5-4-8-22(23)24)29(41)37-25(14-19-6-2-1-3-7-19)28(18-40)35-21(11-13-38)15-20-10-12-34-27(20)17-39/h1-9,11,16,20-21,25,34-35H,10,12,14-15H2,(H,37,41)/t20-,21+,25-/m0/s1. The van der Waals surface area contributed by atoms with Crippen molar-refractivity contribution in [2.75, 3.05) is 6.54 Å². The Labute approximate surface area is 233 Å². The summed E-state index contributed by atoms with van der Waals surface area (Å²) in [5.41, 5.74) is -0.595. The van der Waals surface area contributed by atoms with E-state index in [-0.39, 0.29) is 35.4 Å². The number of carbonyl (C=O) groups excluding carboxylic acids is 4. The number of pyridine rings is 1. The predicted octanol–water partition coefficient (Wildman–Crippen LogP) is 3.37. The fourth-order valence-electron chi connectivity index (χ4n) is 4.82. The van der Waals surface area contributed by atoms with E-state index in [1.54, 1.807) is 42.2 Å². The molecule has 41 heavy (non-hydrogen) atoms. The van der Waals surface area contributed by atoms with Crippen LogP contribution in [-0.4, -0.2) is 47.3 Å². The molecule has 0 saturated carbocycles. The van der Waals surface area contributed by atoms with Crippen LogP contribution in [0.25, 0.3) is 10.9 Å². The van der Waals surface area contributed by atoms with E-state index >= 15 is 0 Å². The van der Waals surface area contributed by atoms with Crippen LogP contribution < -0.4 is 16.0 Å². The normalized spacial score (nSPS) is 16.0. The van der Waals surface area contributed by atoms with Gasteiger partial charge < -0.3 is 16.0 Å². The van der Waals surface area contributed by atoms with Gasteiger partial charge in [-0.2, -0.15) is 13.2 Å². The van der Waals surface area contributed by atoms with Gasteiger partial charge >= 0.3 is 6.18 Å². The van der Waals surface area contributed by atoms with Gasteiger partial charge in [0.2, 0.25) is 0 Å². The number of halogens is 3. The Morgan fingerprint density at radius 2 is 1.80 bits per heavy atom. The molecule has 2 heterocycles. The number of carbonyl (C=O) groups is 1. The van der Waals surface area contributed by atoms with E-state index < -0.39 is 35.4 Å². The van der Waals surface area contributed by atoms with Gasteiger partial charge in [0.25, 0.3) is 5.91 Å². The number of hydrogen-bond acceptors (Lipinski definition) is 7. The molecule has 0 unspecified atom stereocenters. The lowest BCUT2D eigenvalue weighted by Gasteiger charge is -2.25. The molecule has 1 aromatic heterocycles. The summed E-state index contributed by atoms with van der Waals surface area (Å²) in [6.07, 6.45) is -2.67. The number of nitrogens with one attached hydrogen (secondary N) is 3. The van der Waals surface area contributed by atoms with Crippen molar-refractivity contribution in [3.63, 3.8) is 0 Å². The molecular formula is C30H25F3N4O4. The number of benzene rings is 2. The number of alkyl halides is 3. The Morgan fingerprint density at radius 3 is 2.49 bits per heavy atom. The summed E-state index contributed by atoms with van der Waals surface area (Å²) in [4.78, 5) is 52.1. The summed E-state index contributed by atoms with van der Waals surface area (Å²) in [5.74, 6) is 4.10. The molecule has 1 aliphatic heterocycles. The lowest BCUT2D eigenvalue weighted by atomic mass is 9.95. The van der Waals surface area contributed by atoms with Gasteiger partial charge in [-0.1, -0.05) is 48.5 Å². The SMILES string of the molecule is O=C=C[C@H](C[C@@H]1CCNC1=C=O)NC(=C=O)[C@H](Cc1ccccc1)NC(=O)c1cc(C(F)(F)F)c2ccccc2n1. The highest BCUT2D eigenvalue weighted by molar-refractivity contribution is 5.96. The van der Waals surface area contributed by atoms with Gasteiger partial charge in [-0.05, 0) is 37.0 Å². The zero-order valence-corrected chi connectivity index (χ0v) is 21.6. The molecule has 11 heteroatoms. The first-order chi connectivity index (χ1) is 19.7. The van der Waals surface area contributed by atoms with E-state index in [4.69, 9.17) is 0 Å². The van der Waals surface area contributed by atoms with E-state index in [0.29, 0.717) is 30.3 Å². The van der Waals surface area contributed by atoms with Crippen LogP contribution >= 0.6 is 0 Å². The zero-order chi connectivity index (χ0) is 29.4. The second-order valence-electron chi connectivity index (χ2n) is 9.50. The second-order valence-corrected chi connectivity index (χ2v) is 9.50. The summed E-state index contributed by atoms with van der Waals surface area (Å²) in [6.45, 7) is 0.550. The highest BCUT2D eigenvalue weighted by Gasteiger charge is 2.34. The van der Waals surface area contributed by atoms with Crippen LogP contribution in [0.5, 0.6) is 0 Å². The van der Waals surface area contributed by atoms with Crippen molar-refractivity contribution in [2.45, 2.75) is 37.5 Å². The van der Waals surface area contributed by atoms with Crippen molar-refractivity contribution >= 4 is 34.6 Å². The molecule has 210 valence electrons. The van der Waals surface area contributed by atoms with Crippen LogP contribution in [0.2, 0.25) is 0 Å². The summed E-state index contributed by atoms with van der Waals surface area (Å²) in [5, 5.41) is 8.29. The van der Waals surface area contributed by atoms with Crippen molar-refractivity contribution in [1.82, 2.24) is 20.9 Å².